The van der Waals surface area contributed by atoms with E-state index in [1.807, 2.05) is 16.0 Å². The number of aliphatic hydroxyl groups excluding tert-OH is 1. The van der Waals surface area contributed by atoms with Crippen molar-refractivity contribution in [1.29, 1.82) is 0 Å². The molecule has 0 aliphatic carbocycles. The SMILES string of the molecule is CCC(C)(CCO)NCc1c(OC)nc2sccn12. The predicted octanol–water partition coefficient (Wildman–Crippen LogP) is 2.05. The molecule has 0 aliphatic rings. The Morgan fingerprint density at radius 3 is 3.00 bits per heavy atom. The standard InChI is InChI=1S/C13H21N3O2S/c1-4-13(2,5-7-17)14-9-10-11(18-3)15-12-16(10)6-8-19-12/h6,8,14,17H,4-5,7,9H2,1-3H3. The largest absolute Gasteiger partial charge is 0.480 e. The number of imidazole rings is 1. The van der Waals surface area contributed by atoms with E-state index in [0.717, 1.165) is 23.5 Å². The molecule has 0 saturated heterocycles. The minimum atomic E-state index is -0.0695. The van der Waals surface area contributed by atoms with Crippen LogP contribution in [0.4, 0.5) is 0 Å². The summed E-state index contributed by atoms with van der Waals surface area (Å²) < 4.78 is 7.38. The molecule has 0 aliphatic heterocycles. The Kier molecular flexibility index (Phi) is 4.44. The van der Waals surface area contributed by atoms with Crippen LogP contribution < -0.4 is 10.1 Å². The second kappa shape index (κ2) is 5.90. The Hall–Kier alpha value is -1.11. The van der Waals surface area contributed by atoms with Gasteiger partial charge in [0.05, 0.1) is 7.11 Å². The third kappa shape index (κ3) is 2.91. The van der Waals surface area contributed by atoms with Crippen LogP contribution in [-0.2, 0) is 6.54 Å². The summed E-state index contributed by atoms with van der Waals surface area (Å²) in [7, 11) is 1.64. The van der Waals surface area contributed by atoms with Gasteiger partial charge in [-0.3, -0.25) is 4.40 Å². The number of thiazole rings is 1. The molecule has 2 N–H and O–H groups in total. The third-order valence-corrected chi connectivity index (χ3v) is 4.40. The zero-order chi connectivity index (χ0) is 13.9. The van der Waals surface area contributed by atoms with Gasteiger partial charge in [-0.05, 0) is 19.8 Å². The fourth-order valence-electron chi connectivity index (χ4n) is 2.07. The number of aliphatic hydroxyl groups is 1. The third-order valence-electron chi connectivity index (χ3n) is 3.64. The molecule has 2 aromatic heterocycles. The molecule has 0 fully saturated rings. The molecule has 0 radical (unpaired) electrons. The highest BCUT2D eigenvalue weighted by atomic mass is 32.1. The lowest BCUT2D eigenvalue weighted by molar-refractivity contribution is 0.213. The van der Waals surface area contributed by atoms with E-state index in [-0.39, 0.29) is 12.1 Å². The molecule has 1 atom stereocenters. The van der Waals surface area contributed by atoms with Crippen LogP contribution in [0.5, 0.6) is 5.88 Å². The van der Waals surface area contributed by atoms with E-state index < -0.39 is 0 Å². The number of hydrogen-bond donors (Lipinski definition) is 2. The average Bonchev–Trinajstić information content (AvgIpc) is 2.97. The van der Waals surface area contributed by atoms with Gasteiger partial charge in [-0.2, -0.15) is 4.98 Å². The Labute approximate surface area is 117 Å². The van der Waals surface area contributed by atoms with Crippen molar-refractivity contribution in [2.24, 2.45) is 0 Å². The molecule has 2 aromatic rings. The number of hydrogen-bond acceptors (Lipinski definition) is 5. The topological polar surface area (TPSA) is 58.8 Å². The first kappa shape index (κ1) is 14.3. The Balaban J connectivity index is 2.18. The molecular weight excluding hydrogens is 262 g/mol. The highest BCUT2D eigenvalue weighted by Crippen LogP contribution is 2.24. The first-order valence-electron chi connectivity index (χ1n) is 6.48. The molecule has 19 heavy (non-hydrogen) atoms. The smallest absolute Gasteiger partial charge is 0.237 e. The summed E-state index contributed by atoms with van der Waals surface area (Å²) in [4.78, 5) is 5.37. The molecule has 0 aromatic carbocycles. The zero-order valence-corrected chi connectivity index (χ0v) is 12.5. The molecule has 0 spiro atoms. The zero-order valence-electron chi connectivity index (χ0n) is 11.6. The van der Waals surface area contributed by atoms with E-state index in [0.29, 0.717) is 12.4 Å². The van der Waals surface area contributed by atoms with Crippen LogP contribution in [0.1, 0.15) is 32.4 Å². The minimum absolute atomic E-state index is 0.0695. The molecule has 0 amide bonds. The molecule has 0 saturated carbocycles. The molecule has 106 valence electrons. The van der Waals surface area contributed by atoms with E-state index in [2.05, 4.69) is 24.1 Å². The summed E-state index contributed by atoms with van der Waals surface area (Å²) in [5.41, 5.74) is 0.955. The van der Waals surface area contributed by atoms with Crippen molar-refractivity contribution < 1.29 is 9.84 Å². The summed E-state index contributed by atoms with van der Waals surface area (Å²) in [6.07, 6.45) is 3.70. The first-order chi connectivity index (χ1) is 9.13. The molecule has 2 rings (SSSR count). The van der Waals surface area contributed by atoms with Gasteiger partial charge in [-0.1, -0.05) is 6.92 Å². The van der Waals surface area contributed by atoms with Crippen molar-refractivity contribution in [3.8, 4) is 5.88 Å². The summed E-state index contributed by atoms with van der Waals surface area (Å²) in [6.45, 7) is 5.11. The van der Waals surface area contributed by atoms with Crippen LogP contribution >= 0.6 is 11.3 Å². The number of aromatic nitrogens is 2. The molecule has 1 unspecified atom stereocenters. The van der Waals surface area contributed by atoms with Gasteiger partial charge in [0.1, 0.15) is 5.69 Å². The van der Waals surface area contributed by atoms with E-state index in [1.54, 1.807) is 18.4 Å². The van der Waals surface area contributed by atoms with Gasteiger partial charge in [-0.25, -0.2) is 0 Å². The number of ether oxygens (including phenoxy) is 1. The maximum atomic E-state index is 9.15. The second-order valence-corrected chi connectivity index (χ2v) is 5.74. The lowest BCUT2D eigenvalue weighted by atomic mass is 9.95. The van der Waals surface area contributed by atoms with E-state index in [1.165, 1.54) is 0 Å². The Bertz CT molecular complexity index is 537. The number of rotatable bonds is 7. The Morgan fingerprint density at radius 2 is 2.37 bits per heavy atom. The molecule has 2 heterocycles. The van der Waals surface area contributed by atoms with Gasteiger partial charge in [0, 0.05) is 30.3 Å². The van der Waals surface area contributed by atoms with E-state index >= 15 is 0 Å². The highest BCUT2D eigenvalue weighted by molar-refractivity contribution is 7.15. The van der Waals surface area contributed by atoms with E-state index in [9.17, 15) is 0 Å². The number of nitrogens with zero attached hydrogens (tertiary/aromatic N) is 2. The lowest BCUT2D eigenvalue weighted by Gasteiger charge is -2.29. The maximum absolute atomic E-state index is 9.15. The maximum Gasteiger partial charge on any atom is 0.237 e. The van der Waals surface area contributed by atoms with Gasteiger partial charge in [-0.15, -0.1) is 11.3 Å². The van der Waals surface area contributed by atoms with Crippen molar-refractivity contribution in [3.63, 3.8) is 0 Å². The fourth-order valence-corrected chi connectivity index (χ4v) is 2.80. The normalized spacial score (nSPS) is 14.7. The average molecular weight is 283 g/mol. The van der Waals surface area contributed by atoms with Crippen LogP contribution in [-0.4, -0.2) is 33.7 Å². The van der Waals surface area contributed by atoms with Crippen LogP contribution in [0.25, 0.3) is 4.96 Å². The van der Waals surface area contributed by atoms with Crippen molar-refractivity contribution >= 4 is 16.3 Å². The minimum Gasteiger partial charge on any atom is -0.480 e. The van der Waals surface area contributed by atoms with E-state index in [4.69, 9.17) is 9.84 Å². The lowest BCUT2D eigenvalue weighted by Crippen LogP contribution is -2.42. The summed E-state index contributed by atoms with van der Waals surface area (Å²) in [6, 6.07) is 0. The second-order valence-electron chi connectivity index (χ2n) is 4.86. The van der Waals surface area contributed by atoms with Crippen molar-refractivity contribution in [1.82, 2.24) is 14.7 Å². The number of methoxy groups -OCH3 is 1. The van der Waals surface area contributed by atoms with Crippen molar-refractivity contribution in [2.75, 3.05) is 13.7 Å². The molecule has 0 bridgehead atoms. The Morgan fingerprint density at radius 1 is 1.58 bits per heavy atom. The van der Waals surface area contributed by atoms with Crippen LogP contribution in [0.15, 0.2) is 11.6 Å². The molecular formula is C13H21N3O2S. The van der Waals surface area contributed by atoms with Gasteiger partial charge < -0.3 is 15.2 Å². The summed E-state index contributed by atoms with van der Waals surface area (Å²) >= 11 is 1.59. The van der Waals surface area contributed by atoms with Crippen molar-refractivity contribution in [2.45, 2.75) is 38.8 Å². The number of nitrogens with one attached hydrogen (secondary N) is 1. The molecule has 6 heteroatoms. The van der Waals surface area contributed by atoms with Crippen LogP contribution in [0, 0.1) is 0 Å². The number of fused-ring (bicyclic) bond motifs is 1. The molecule has 5 nitrogen and oxygen atoms in total. The van der Waals surface area contributed by atoms with Crippen LogP contribution in [0.2, 0.25) is 0 Å². The van der Waals surface area contributed by atoms with Crippen LogP contribution in [0.3, 0.4) is 0 Å². The highest BCUT2D eigenvalue weighted by Gasteiger charge is 2.22. The van der Waals surface area contributed by atoms with Gasteiger partial charge in [0.15, 0.2) is 4.96 Å². The summed E-state index contributed by atoms with van der Waals surface area (Å²) in [5.74, 6) is 0.668. The monoisotopic (exact) mass is 283 g/mol. The quantitative estimate of drug-likeness (QED) is 0.816. The van der Waals surface area contributed by atoms with Gasteiger partial charge >= 0.3 is 0 Å². The summed E-state index contributed by atoms with van der Waals surface area (Å²) in [5, 5.41) is 14.7. The van der Waals surface area contributed by atoms with Gasteiger partial charge in [0.25, 0.3) is 0 Å². The van der Waals surface area contributed by atoms with Crippen molar-refractivity contribution in [3.05, 3.63) is 17.3 Å². The van der Waals surface area contributed by atoms with Gasteiger partial charge in [0.2, 0.25) is 5.88 Å². The first-order valence-corrected chi connectivity index (χ1v) is 7.36. The fraction of sp³-hybridized carbons (Fsp3) is 0.615. The predicted molar refractivity (Wildman–Crippen MR) is 76.9 cm³/mol.